The third-order valence-corrected chi connectivity index (χ3v) is 7.35. The van der Waals surface area contributed by atoms with Crippen molar-refractivity contribution in [2.45, 2.75) is 18.2 Å². The number of methoxy groups -OCH3 is 2. The maximum atomic E-state index is 13.2. The molecule has 4 rings (SSSR count). The number of hydrogen-bond donors (Lipinski definition) is 1. The first-order valence-electron chi connectivity index (χ1n) is 10.3. The summed E-state index contributed by atoms with van der Waals surface area (Å²) in [6.07, 6.45) is 2.32. The molecule has 8 nitrogen and oxygen atoms in total. The number of hydrogen-bond acceptors (Lipinski definition) is 7. The van der Waals surface area contributed by atoms with E-state index in [1.807, 2.05) is 29.6 Å². The van der Waals surface area contributed by atoms with Gasteiger partial charge in [0.2, 0.25) is 0 Å². The number of fused-ring (bicyclic) bond motifs is 1. The van der Waals surface area contributed by atoms with E-state index in [2.05, 4.69) is 5.32 Å². The lowest BCUT2D eigenvalue weighted by atomic mass is 10.1. The number of allylic oxidation sites excluding steroid dienone is 1. The fourth-order valence-corrected chi connectivity index (χ4v) is 5.44. The number of nitrogens with zero attached hydrogens (tertiary/aromatic N) is 2. The Bertz CT molecular complexity index is 1130. The molecule has 0 saturated carbocycles. The highest BCUT2D eigenvalue weighted by molar-refractivity contribution is 8.04. The molecule has 2 aliphatic heterocycles. The number of carbonyl (C=O) groups excluding carboxylic acids is 3. The molecule has 0 fully saturated rings. The van der Waals surface area contributed by atoms with Crippen molar-refractivity contribution < 1.29 is 28.4 Å². The fourth-order valence-electron chi connectivity index (χ4n) is 3.78. The molecule has 172 valence electrons. The predicted molar refractivity (Wildman–Crippen MR) is 127 cm³/mol. The summed E-state index contributed by atoms with van der Waals surface area (Å²) in [5.41, 5.74) is 1.31. The van der Waals surface area contributed by atoms with E-state index in [9.17, 15) is 14.4 Å². The molecule has 10 heteroatoms. The Morgan fingerprint density at radius 3 is 2.76 bits per heavy atom. The van der Waals surface area contributed by atoms with Gasteiger partial charge in [0.25, 0.3) is 5.91 Å². The van der Waals surface area contributed by atoms with Crippen LogP contribution in [0.5, 0.6) is 11.5 Å². The Kier molecular flexibility index (Phi) is 7.14. The number of rotatable bonds is 9. The van der Waals surface area contributed by atoms with E-state index < -0.39 is 11.3 Å². The number of carbonyl (C=O) groups is 3. The van der Waals surface area contributed by atoms with Crippen LogP contribution in [-0.4, -0.2) is 65.6 Å². The predicted octanol–water partition coefficient (Wildman–Crippen LogP) is 2.67. The number of amides is 4. The Hall–Kier alpha value is -3.11. The van der Waals surface area contributed by atoms with E-state index in [1.54, 1.807) is 36.0 Å². The molecule has 0 saturated heterocycles. The van der Waals surface area contributed by atoms with Gasteiger partial charge in [-0.3, -0.25) is 4.79 Å². The molecule has 0 bridgehead atoms. The number of urea groups is 1. The number of para-hydroxylation sites is 1. The van der Waals surface area contributed by atoms with Crippen LogP contribution < -0.4 is 14.8 Å². The van der Waals surface area contributed by atoms with Crippen molar-refractivity contribution in [3.63, 3.8) is 0 Å². The van der Waals surface area contributed by atoms with Gasteiger partial charge in [-0.15, -0.1) is 23.1 Å². The molecule has 1 N–H and O–H groups in total. The fraction of sp³-hybridized carbons (Fsp3) is 0.304. The van der Waals surface area contributed by atoms with Crippen LogP contribution in [0, 0.1) is 0 Å². The minimum absolute atomic E-state index is 0.176. The van der Waals surface area contributed by atoms with Crippen LogP contribution >= 0.6 is 23.1 Å². The summed E-state index contributed by atoms with van der Waals surface area (Å²) in [6, 6.07) is 8.87. The van der Waals surface area contributed by atoms with Gasteiger partial charge in [0, 0.05) is 23.4 Å². The van der Waals surface area contributed by atoms with Gasteiger partial charge in [-0.2, -0.15) is 14.3 Å². The zero-order valence-corrected chi connectivity index (χ0v) is 19.9. The molecular weight excluding hydrogens is 462 g/mol. The number of benzene rings is 1. The molecule has 0 spiro atoms. The SMILES string of the molecule is COc1cccc(CNC(=O)C[N+]2=C3C=CSC3C(=O)N(CCc3cccs3)C2=O)c1OC. The molecule has 0 radical (unpaired) electrons. The van der Waals surface area contributed by atoms with Gasteiger partial charge < -0.3 is 14.8 Å². The van der Waals surface area contributed by atoms with Gasteiger partial charge in [-0.05, 0) is 29.0 Å². The van der Waals surface area contributed by atoms with E-state index in [-0.39, 0.29) is 31.4 Å². The van der Waals surface area contributed by atoms with Crippen molar-refractivity contribution in [2.24, 2.45) is 0 Å². The second-order valence-electron chi connectivity index (χ2n) is 7.36. The summed E-state index contributed by atoms with van der Waals surface area (Å²) >= 11 is 2.94. The third-order valence-electron chi connectivity index (χ3n) is 5.41. The zero-order chi connectivity index (χ0) is 23.4. The van der Waals surface area contributed by atoms with E-state index in [4.69, 9.17) is 9.47 Å². The molecule has 4 amide bonds. The van der Waals surface area contributed by atoms with Crippen LogP contribution in [0.25, 0.3) is 0 Å². The van der Waals surface area contributed by atoms with E-state index in [0.29, 0.717) is 23.6 Å². The Morgan fingerprint density at radius 2 is 2.03 bits per heavy atom. The van der Waals surface area contributed by atoms with Crippen LogP contribution in [-0.2, 0) is 22.6 Å². The maximum absolute atomic E-state index is 13.2. The molecule has 33 heavy (non-hydrogen) atoms. The smallest absolute Gasteiger partial charge is 0.493 e. The molecule has 1 aromatic carbocycles. The molecule has 1 aromatic heterocycles. The highest BCUT2D eigenvalue weighted by Gasteiger charge is 2.49. The van der Waals surface area contributed by atoms with Crippen LogP contribution in [0.1, 0.15) is 10.4 Å². The van der Waals surface area contributed by atoms with Crippen LogP contribution in [0.2, 0.25) is 0 Å². The quantitative estimate of drug-likeness (QED) is 0.549. The lowest BCUT2D eigenvalue weighted by Gasteiger charge is -2.24. The van der Waals surface area contributed by atoms with Crippen LogP contribution in [0.3, 0.4) is 0 Å². The van der Waals surface area contributed by atoms with Crippen LogP contribution in [0.15, 0.2) is 47.2 Å². The summed E-state index contributed by atoms with van der Waals surface area (Å²) in [5, 5.41) is 6.09. The zero-order valence-electron chi connectivity index (χ0n) is 18.3. The van der Waals surface area contributed by atoms with Crippen molar-refractivity contribution in [1.29, 1.82) is 0 Å². The average molecular weight is 487 g/mol. The normalized spacial score (nSPS) is 17.4. The van der Waals surface area contributed by atoms with Crippen molar-refractivity contribution in [3.8, 4) is 11.5 Å². The van der Waals surface area contributed by atoms with Crippen molar-refractivity contribution >= 4 is 46.7 Å². The van der Waals surface area contributed by atoms with Crippen molar-refractivity contribution in [3.05, 3.63) is 57.6 Å². The average Bonchev–Trinajstić information content (AvgIpc) is 3.52. The van der Waals surface area contributed by atoms with Gasteiger partial charge in [0.1, 0.15) is 12.3 Å². The van der Waals surface area contributed by atoms with Gasteiger partial charge in [0.15, 0.2) is 23.3 Å². The number of thioether (sulfide) groups is 1. The summed E-state index contributed by atoms with van der Waals surface area (Å²) in [6.45, 7) is 0.317. The van der Waals surface area contributed by atoms with Gasteiger partial charge >= 0.3 is 11.9 Å². The van der Waals surface area contributed by atoms with Gasteiger partial charge in [-0.25, -0.2) is 4.79 Å². The summed E-state index contributed by atoms with van der Waals surface area (Å²) < 4.78 is 12.1. The second kappa shape index (κ2) is 10.2. The molecule has 3 heterocycles. The van der Waals surface area contributed by atoms with Gasteiger partial charge in [-0.1, -0.05) is 18.2 Å². The molecule has 2 aromatic rings. The number of nitrogens with one attached hydrogen (secondary N) is 1. The number of ether oxygens (including phenoxy) is 2. The molecule has 1 unspecified atom stereocenters. The monoisotopic (exact) mass is 486 g/mol. The minimum Gasteiger partial charge on any atom is -0.493 e. The van der Waals surface area contributed by atoms with Crippen molar-refractivity contribution in [2.75, 3.05) is 27.3 Å². The largest absolute Gasteiger partial charge is 0.501 e. The summed E-state index contributed by atoms with van der Waals surface area (Å²) in [7, 11) is 3.09. The third kappa shape index (κ3) is 4.81. The van der Waals surface area contributed by atoms with E-state index in [0.717, 1.165) is 10.4 Å². The summed E-state index contributed by atoms with van der Waals surface area (Å²) in [5.74, 6) is 0.544. The number of thiophene rings is 1. The lowest BCUT2D eigenvalue weighted by molar-refractivity contribution is -0.426. The first kappa shape index (κ1) is 23.1. The van der Waals surface area contributed by atoms with E-state index in [1.165, 1.54) is 28.3 Å². The molecule has 0 aliphatic carbocycles. The maximum Gasteiger partial charge on any atom is 0.501 e. The summed E-state index contributed by atoms with van der Waals surface area (Å²) in [4.78, 5) is 41.2. The standard InChI is InChI=1S/C23H23N3O5S2/c1-30-18-7-3-5-15(20(18)31-2)13-24-19(27)14-26-17-9-12-33-21(17)22(28)25(23(26)29)10-8-16-6-4-11-32-16/h3-7,9,11-12,21H,8,10,13-14H2,1-2H3/p+1. The Balaban J connectivity index is 1.47. The first-order chi connectivity index (χ1) is 16.0. The minimum atomic E-state index is -0.502. The lowest BCUT2D eigenvalue weighted by Crippen LogP contribution is -2.57. The molecule has 2 aliphatic rings. The van der Waals surface area contributed by atoms with Gasteiger partial charge in [0.05, 0.1) is 14.2 Å². The molecular formula is C23H24N3O5S2+. The topological polar surface area (TPSA) is 88.0 Å². The molecule has 1 atom stereocenters. The number of imide groups is 1. The Labute approximate surface area is 199 Å². The van der Waals surface area contributed by atoms with Crippen molar-refractivity contribution in [1.82, 2.24) is 10.2 Å². The second-order valence-corrected chi connectivity index (χ2v) is 9.41. The first-order valence-corrected chi connectivity index (χ1v) is 12.2. The van der Waals surface area contributed by atoms with E-state index >= 15 is 0 Å². The highest BCUT2D eigenvalue weighted by atomic mass is 32.2. The highest BCUT2D eigenvalue weighted by Crippen LogP contribution is 2.31. The van der Waals surface area contributed by atoms with Crippen LogP contribution in [0.4, 0.5) is 4.79 Å². The Morgan fingerprint density at radius 1 is 1.18 bits per heavy atom.